The fourth-order valence-corrected chi connectivity index (χ4v) is 2.33. The van der Waals surface area contributed by atoms with E-state index >= 15 is 0 Å². The van der Waals surface area contributed by atoms with Crippen LogP contribution in [0, 0.1) is 5.92 Å². The summed E-state index contributed by atoms with van der Waals surface area (Å²) in [6, 6.07) is 0.236. The van der Waals surface area contributed by atoms with Crippen molar-refractivity contribution in [3.8, 4) is 0 Å². The van der Waals surface area contributed by atoms with Crippen molar-refractivity contribution in [1.29, 1.82) is 0 Å². The van der Waals surface area contributed by atoms with Gasteiger partial charge in [-0.05, 0) is 12.3 Å². The van der Waals surface area contributed by atoms with Crippen molar-refractivity contribution >= 4 is 11.5 Å². The number of anilines is 2. The maximum absolute atomic E-state index is 11.4. The van der Waals surface area contributed by atoms with Gasteiger partial charge in [-0.25, -0.2) is 4.98 Å². The molecule has 17 heavy (non-hydrogen) atoms. The number of nitrogens with zero attached hydrogens (tertiary/aromatic N) is 2. The molecule has 1 fully saturated rings. The van der Waals surface area contributed by atoms with Crippen molar-refractivity contribution in [2.75, 3.05) is 23.7 Å². The molecule has 1 aromatic rings. The number of hydrogen-bond acceptors (Lipinski definition) is 5. The Hall–Kier alpha value is -1.56. The highest BCUT2D eigenvalue weighted by atomic mass is 16.1. The number of nitrogens with two attached hydrogens (primary N) is 2. The van der Waals surface area contributed by atoms with Crippen molar-refractivity contribution in [3.63, 3.8) is 0 Å². The third-order valence-corrected chi connectivity index (χ3v) is 3.48. The molecular formula is C11H19N5O. The molecule has 6 heteroatoms. The van der Waals surface area contributed by atoms with E-state index in [9.17, 15) is 4.79 Å². The van der Waals surface area contributed by atoms with Gasteiger partial charge in [0.15, 0.2) is 5.82 Å². The predicted molar refractivity (Wildman–Crippen MR) is 67.9 cm³/mol. The number of nitrogens with one attached hydrogen (secondary N) is 1. The van der Waals surface area contributed by atoms with Gasteiger partial charge in [-0.15, -0.1) is 0 Å². The molecule has 0 radical (unpaired) electrons. The fraction of sp³-hybridized carbons (Fsp3) is 0.636. The van der Waals surface area contributed by atoms with Gasteiger partial charge in [0, 0.05) is 19.1 Å². The summed E-state index contributed by atoms with van der Waals surface area (Å²) in [5, 5.41) is 0. The van der Waals surface area contributed by atoms with E-state index < -0.39 is 0 Å². The van der Waals surface area contributed by atoms with Gasteiger partial charge in [0.25, 0.3) is 5.56 Å². The van der Waals surface area contributed by atoms with Gasteiger partial charge in [0.1, 0.15) is 5.69 Å². The fourth-order valence-electron chi connectivity index (χ4n) is 2.33. The first-order valence-corrected chi connectivity index (χ1v) is 5.97. The minimum atomic E-state index is -0.280. The highest BCUT2D eigenvalue weighted by molar-refractivity contribution is 5.61. The second kappa shape index (κ2) is 4.75. The van der Waals surface area contributed by atoms with Crippen LogP contribution in [0.15, 0.2) is 11.1 Å². The molecule has 94 valence electrons. The first-order valence-electron chi connectivity index (χ1n) is 5.97. The van der Waals surface area contributed by atoms with Crippen LogP contribution in [0.3, 0.4) is 0 Å². The van der Waals surface area contributed by atoms with Crippen molar-refractivity contribution in [2.45, 2.75) is 25.8 Å². The number of aromatic amines is 1. The molecule has 1 aromatic heterocycles. The first-order chi connectivity index (χ1) is 8.13. The Morgan fingerprint density at radius 2 is 2.41 bits per heavy atom. The van der Waals surface area contributed by atoms with Crippen LogP contribution >= 0.6 is 0 Å². The highest BCUT2D eigenvalue weighted by Gasteiger charge is 2.27. The Morgan fingerprint density at radius 3 is 3.12 bits per heavy atom. The number of hydrogen-bond donors (Lipinski definition) is 3. The number of H-pyrrole nitrogens is 1. The smallest absolute Gasteiger partial charge is 0.276 e. The summed E-state index contributed by atoms with van der Waals surface area (Å²) in [4.78, 5) is 20.1. The third kappa shape index (κ3) is 2.26. The molecule has 2 heterocycles. The Labute approximate surface area is 100 Å². The van der Waals surface area contributed by atoms with Crippen LogP contribution in [0.2, 0.25) is 0 Å². The lowest BCUT2D eigenvalue weighted by Crippen LogP contribution is -2.47. The summed E-state index contributed by atoms with van der Waals surface area (Å²) in [6.07, 6.45) is 3.33. The van der Waals surface area contributed by atoms with Crippen molar-refractivity contribution in [2.24, 2.45) is 11.7 Å². The van der Waals surface area contributed by atoms with Crippen LogP contribution in [0.4, 0.5) is 11.5 Å². The average molecular weight is 237 g/mol. The zero-order chi connectivity index (χ0) is 12.4. The summed E-state index contributed by atoms with van der Waals surface area (Å²) in [5.74, 6) is 1.02. The molecule has 1 aliphatic heterocycles. The zero-order valence-electron chi connectivity index (χ0n) is 10.0. The maximum atomic E-state index is 11.4. The number of aromatic nitrogens is 2. The van der Waals surface area contributed by atoms with Crippen LogP contribution in [0.25, 0.3) is 0 Å². The van der Waals surface area contributed by atoms with E-state index in [1.54, 1.807) is 0 Å². The van der Waals surface area contributed by atoms with Gasteiger partial charge < -0.3 is 21.4 Å². The van der Waals surface area contributed by atoms with Gasteiger partial charge in [0.05, 0.1) is 6.33 Å². The van der Waals surface area contributed by atoms with Crippen molar-refractivity contribution in [1.82, 2.24) is 9.97 Å². The highest BCUT2D eigenvalue weighted by Crippen LogP contribution is 2.24. The molecule has 6 nitrogen and oxygen atoms in total. The number of rotatable bonds is 2. The summed E-state index contributed by atoms with van der Waals surface area (Å²) in [5.41, 5.74) is 11.7. The summed E-state index contributed by atoms with van der Waals surface area (Å²) >= 11 is 0. The molecule has 2 atom stereocenters. The van der Waals surface area contributed by atoms with E-state index in [0.29, 0.717) is 11.7 Å². The lowest BCUT2D eigenvalue weighted by atomic mass is 9.91. The van der Waals surface area contributed by atoms with E-state index in [1.807, 2.05) is 0 Å². The second-order valence-corrected chi connectivity index (χ2v) is 4.54. The Bertz CT molecular complexity index is 444. The van der Waals surface area contributed by atoms with Crippen molar-refractivity contribution in [3.05, 3.63) is 16.7 Å². The minimum absolute atomic E-state index is 0.192. The molecule has 0 aliphatic carbocycles. The molecule has 0 spiro atoms. The van der Waals surface area contributed by atoms with Gasteiger partial charge >= 0.3 is 0 Å². The summed E-state index contributed by atoms with van der Waals surface area (Å²) in [6.45, 7) is 3.75. The third-order valence-electron chi connectivity index (χ3n) is 3.48. The van der Waals surface area contributed by atoms with Crippen LogP contribution in [-0.2, 0) is 0 Å². The molecule has 0 amide bonds. The first kappa shape index (κ1) is 11.9. The van der Waals surface area contributed by atoms with Crippen LogP contribution in [0.1, 0.15) is 19.8 Å². The molecule has 0 aromatic carbocycles. The van der Waals surface area contributed by atoms with Crippen LogP contribution < -0.4 is 21.9 Å². The summed E-state index contributed by atoms with van der Waals surface area (Å²) in [7, 11) is 0. The van der Waals surface area contributed by atoms with Gasteiger partial charge in [0.2, 0.25) is 0 Å². The average Bonchev–Trinajstić information content (AvgIpc) is 2.34. The van der Waals surface area contributed by atoms with E-state index in [2.05, 4.69) is 21.8 Å². The molecule has 2 unspecified atom stereocenters. The van der Waals surface area contributed by atoms with E-state index in [-0.39, 0.29) is 17.3 Å². The van der Waals surface area contributed by atoms with Crippen molar-refractivity contribution < 1.29 is 0 Å². The largest absolute Gasteiger partial charge is 0.391 e. The summed E-state index contributed by atoms with van der Waals surface area (Å²) < 4.78 is 0. The SMILES string of the molecule is CCC1CN(c2nc[nH]c(=O)c2N)CCC1N. The van der Waals surface area contributed by atoms with Gasteiger partial charge in [-0.1, -0.05) is 13.3 Å². The molecule has 1 aliphatic rings. The Morgan fingerprint density at radius 1 is 1.65 bits per heavy atom. The lowest BCUT2D eigenvalue weighted by molar-refractivity contribution is 0.347. The Kier molecular flexibility index (Phi) is 3.33. The van der Waals surface area contributed by atoms with Gasteiger partial charge in [-0.3, -0.25) is 4.79 Å². The molecule has 5 N–H and O–H groups in total. The quantitative estimate of drug-likeness (QED) is 0.667. The lowest BCUT2D eigenvalue weighted by Gasteiger charge is -2.37. The minimum Gasteiger partial charge on any atom is -0.391 e. The van der Waals surface area contributed by atoms with Gasteiger partial charge in [-0.2, -0.15) is 0 Å². The molecule has 0 bridgehead atoms. The van der Waals surface area contributed by atoms with E-state index in [0.717, 1.165) is 25.9 Å². The normalized spacial score (nSPS) is 24.9. The monoisotopic (exact) mass is 237 g/mol. The van der Waals surface area contributed by atoms with E-state index in [1.165, 1.54) is 6.33 Å². The Balaban J connectivity index is 2.23. The molecule has 1 saturated heterocycles. The maximum Gasteiger partial charge on any atom is 0.276 e. The standard InChI is InChI=1S/C11H19N5O/c1-2-7-5-16(4-3-8(7)12)10-9(13)11(17)15-6-14-10/h6-8H,2-5,12-13H2,1H3,(H,14,15,17). The number of piperidine rings is 1. The molecule has 0 saturated carbocycles. The van der Waals surface area contributed by atoms with E-state index in [4.69, 9.17) is 11.5 Å². The second-order valence-electron chi connectivity index (χ2n) is 4.54. The van der Waals surface area contributed by atoms with Crippen LogP contribution in [0.5, 0.6) is 0 Å². The predicted octanol–water partition coefficient (Wildman–Crippen LogP) is -0.0843. The topological polar surface area (TPSA) is 101 Å². The zero-order valence-corrected chi connectivity index (χ0v) is 10.0. The van der Waals surface area contributed by atoms with Crippen LogP contribution in [-0.4, -0.2) is 29.1 Å². The number of nitrogen functional groups attached to an aromatic ring is 1. The molecular weight excluding hydrogens is 218 g/mol. The molecule has 2 rings (SSSR count).